The maximum atomic E-state index is 11.8. The fraction of sp³-hybridized carbons (Fsp3) is 0.429. The number of carbonyl (C=O) groups is 2. The number of hydrogen-bond donors (Lipinski definition) is 3. The second kappa shape index (κ2) is 7.37. The molecule has 2 amide bonds. The summed E-state index contributed by atoms with van der Waals surface area (Å²) in [7, 11) is 1.48. The van der Waals surface area contributed by atoms with Crippen molar-refractivity contribution < 1.29 is 19.4 Å². The smallest absolute Gasteiger partial charge is 0.255 e. The molecular formula is C14H20N2O4. The Balaban J connectivity index is 2.45. The number of aromatic hydroxyl groups is 1. The first-order valence-electron chi connectivity index (χ1n) is 6.38. The topological polar surface area (TPSA) is 87.7 Å². The van der Waals surface area contributed by atoms with Crippen LogP contribution in [0.15, 0.2) is 18.2 Å². The minimum absolute atomic E-state index is 0.0634. The molecule has 6 nitrogen and oxygen atoms in total. The Morgan fingerprint density at radius 3 is 2.45 bits per heavy atom. The predicted octanol–water partition coefficient (Wildman–Crippen LogP) is 0.903. The lowest BCUT2D eigenvalue weighted by molar-refractivity contribution is -0.123. The van der Waals surface area contributed by atoms with Gasteiger partial charge in [-0.2, -0.15) is 0 Å². The number of amides is 2. The van der Waals surface area contributed by atoms with Crippen molar-refractivity contribution in [2.45, 2.75) is 13.8 Å². The minimum Gasteiger partial charge on any atom is -0.507 e. The molecule has 0 atom stereocenters. The monoisotopic (exact) mass is 280 g/mol. The zero-order valence-corrected chi connectivity index (χ0v) is 11.9. The molecule has 0 aromatic heterocycles. The lowest BCUT2D eigenvalue weighted by atomic mass is 10.2. The second-order valence-electron chi connectivity index (χ2n) is 4.58. The third-order valence-corrected chi connectivity index (χ3v) is 2.68. The molecule has 0 saturated carbocycles. The van der Waals surface area contributed by atoms with Gasteiger partial charge >= 0.3 is 0 Å². The number of phenolic OH excluding ortho intramolecular Hbond substituents is 1. The van der Waals surface area contributed by atoms with Crippen LogP contribution in [-0.4, -0.2) is 37.1 Å². The number of nitrogens with one attached hydrogen (secondary N) is 2. The molecule has 0 fully saturated rings. The van der Waals surface area contributed by atoms with E-state index in [1.54, 1.807) is 19.9 Å². The fourth-order valence-electron chi connectivity index (χ4n) is 1.49. The van der Waals surface area contributed by atoms with Crippen molar-refractivity contribution >= 4 is 11.8 Å². The van der Waals surface area contributed by atoms with E-state index < -0.39 is 5.91 Å². The average molecular weight is 280 g/mol. The van der Waals surface area contributed by atoms with E-state index in [1.807, 2.05) is 0 Å². The van der Waals surface area contributed by atoms with Crippen LogP contribution in [0.1, 0.15) is 24.2 Å². The maximum Gasteiger partial charge on any atom is 0.255 e. The summed E-state index contributed by atoms with van der Waals surface area (Å²) in [4.78, 5) is 23.1. The van der Waals surface area contributed by atoms with Gasteiger partial charge in [-0.05, 0) is 12.1 Å². The third-order valence-electron chi connectivity index (χ3n) is 2.68. The summed E-state index contributed by atoms with van der Waals surface area (Å²) >= 11 is 0. The summed E-state index contributed by atoms with van der Waals surface area (Å²) in [5.41, 5.74) is 0.168. The van der Waals surface area contributed by atoms with Crippen LogP contribution in [-0.2, 0) is 4.79 Å². The molecule has 3 N–H and O–H groups in total. The molecule has 0 spiro atoms. The van der Waals surface area contributed by atoms with Gasteiger partial charge in [0.25, 0.3) is 5.91 Å². The number of carbonyl (C=O) groups excluding carboxylic acids is 2. The average Bonchev–Trinajstić information content (AvgIpc) is 2.42. The van der Waals surface area contributed by atoms with E-state index >= 15 is 0 Å². The van der Waals surface area contributed by atoms with Gasteiger partial charge in [-0.25, -0.2) is 0 Å². The number of phenols is 1. The van der Waals surface area contributed by atoms with Crippen molar-refractivity contribution in [1.29, 1.82) is 0 Å². The Morgan fingerprint density at radius 1 is 1.25 bits per heavy atom. The van der Waals surface area contributed by atoms with Crippen LogP contribution < -0.4 is 15.4 Å². The standard InChI is InChI=1S/C14H20N2O4/c1-9(2)13(18)15-6-7-16-14(19)11-5-4-10(20-3)8-12(11)17/h4-5,8-9,17H,6-7H2,1-3H3,(H,15,18)(H,16,19). The molecule has 0 aliphatic carbocycles. The highest BCUT2D eigenvalue weighted by Crippen LogP contribution is 2.22. The van der Waals surface area contributed by atoms with Gasteiger partial charge in [0.05, 0.1) is 12.7 Å². The van der Waals surface area contributed by atoms with E-state index in [-0.39, 0.29) is 23.1 Å². The minimum atomic E-state index is -0.399. The van der Waals surface area contributed by atoms with Gasteiger partial charge in [-0.1, -0.05) is 13.8 Å². The molecule has 0 aliphatic heterocycles. The summed E-state index contributed by atoms with van der Waals surface area (Å²) in [6.45, 7) is 4.23. The first-order chi connectivity index (χ1) is 9.45. The van der Waals surface area contributed by atoms with Crippen molar-refractivity contribution in [1.82, 2.24) is 10.6 Å². The summed E-state index contributed by atoms with van der Waals surface area (Å²) in [5.74, 6) is -0.219. The molecule has 1 aromatic carbocycles. The number of ether oxygens (including phenoxy) is 1. The number of benzene rings is 1. The molecule has 0 saturated heterocycles. The largest absolute Gasteiger partial charge is 0.507 e. The van der Waals surface area contributed by atoms with Gasteiger partial charge in [-0.15, -0.1) is 0 Å². The lowest BCUT2D eigenvalue weighted by Gasteiger charge is -2.10. The molecule has 20 heavy (non-hydrogen) atoms. The molecule has 1 rings (SSSR count). The molecule has 0 unspecified atom stereocenters. The van der Waals surface area contributed by atoms with Crippen molar-refractivity contribution in [3.63, 3.8) is 0 Å². The van der Waals surface area contributed by atoms with E-state index in [1.165, 1.54) is 19.2 Å². The zero-order chi connectivity index (χ0) is 15.1. The van der Waals surface area contributed by atoms with E-state index in [0.29, 0.717) is 18.8 Å². The number of rotatable bonds is 6. The molecule has 0 bridgehead atoms. The quantitative estimate of drug-likeness (QED) is 0.676. The van der Waals surface area contributed by atoms with E-state index in [9.17, 15) is 14.7 Å². The van der Waals surface area contributed by atoms with Crippen LogP contribution in [0.25, 0.3) is 0 Å². The van der Waals surface area contributed by atoms with Gasteiger partial charge in [0.1, 0.15) is 11.5 Å². The van der Waals surface area contributed by atoms with E-state index in [4.69, 9.17) is 4.74 Å². The Hall–Kier alpha value is -2.24. The SMILES string of the molecule is COc1ccc(C(=O)NCCNC(=O)C(C)C)c(O)c1. The van der Waals surface area contributed by atoms with Crippen LogP contribution in [0, 0.1) is 5.92 Å². The summed E-state index contributed by atoms with van der Waals surface area (Å²) in [5, 5.41) is 15.0. The summed E-state index contributed by atoms with van der Waals surface area (Å²) in [6.07, 6.45) is 0. The number of methoxy groups -OCH3 is 1. The van der Waals surface area contributed by atoms with Crippen LogP contribution >= 0.6 is 0 Å². The van der Waals surface area contributed by atoms with Gasteiger partial charge in [-0.3, -0.25) is 9.59 Å². The van der Waals surface area contributed by atoms with Crippen molar-refractivity contribution in [3.05, 3.63) is 23.8 Å². The highest BCUT2D eigenvalue weighted by Gasteiger charge is 2.11. The fourth-order valence-corrected chi connectivity index (χ4v) is 1.49. The highest BCUT2D eigenvalue weighted by molar-refractivity contribution is 5.97. The van der Waals surface area contributed by atoms with Crippen LogP contribution in [0.4, 0.5) is 0 Å². The van der Waals surface area contributed by atoms with Gasteiger partial charge < -0.3 is 20.5 Å². The molecule has 0 heterocycles. The van der Waals surface area contributed by atoms with Gasteiger partial charge in [0.2, 0.25) is 5.91 Å². The molecule has 0 radical (unpaired) electrons. The highest BCUT2D eigenvalue weighted by atomic mass is 16.5. The first-order valence-corrected chi connectivity index (χ1v) is 6.38. The Labute approximate surface area is 118 Å². The van der Waals surface area contributed by atoms with E-state index in [2.05, 4.69) is 10.6 Å². The molecule has 1 aromatic rings. The Kier molecular flexibility index (Phi) is 5.83. The molecule has 0 aliphatic rings. The molecule has 6 heteroatoms. The summed E-state index contributed by atoms with van der Waals surface area (Å²) in [6, 6.07) is 4.45. The van der Waals surface area contributed by atoms with Gasteiger partial charge in [0, 0.05) is 25.1 Å². The molecular weight excluding hydrogens is 260 g/mol. The lowest BCUT2D eigenvalue weighted by Crippen LogP contribution is -2.36. The second-order valence-corrected chi connectivity index (χ2v) is 4.58. The van der Waals surface area contributed by atoms with Crippen molar-refractivity contribution in [2.75, 3.05) is 20.2 Å². The van der Waals surface area contributed by atoms with E-state index in [0.717, 1.165) is 0 Å². The van der Waals surface area contributed by atoms with Crippen LogP contribution in [0.2, 0.25) is 0 Å². The Morgan fingerprint density at radius 2 is 1.90 bits per heavy atom. The molecule has 110 valence electrons. The zero-order valence-electron chi connectivity index (χ0n) is 11.9. The van der Waals surface area contributed by atoms with Crippen molar-refractivity contribution in [2.24, 2.45) is 5.92 Å². The Bertz CT molecular complexity index is 486. The third kappa shape index (κ3) is 4.46. The van der Waals surface area contributed by atoms with Gasteiger partial charge in [0.15, 0.2) is 0 Å². The van der Waals surface area contributed by atoms with Crippen LogP contribution in [0.3, 0.4) is 0 Å². The van der Waals surface area contributed by atoms with Crippen molar-refractivity contribution in [3.8, 4) is 11.5 Å². The maximum absolute atomic E-state index is 11.8. The summed E-state index contributed by atoms with van der Waals surface area (Å²) < 4.78 is 4.94. The first kappa shape index (κ1) is 15.8. The number of hydrogen-bond acceptors (Lipinski definition) is 4. The predicted molar refractivity (Wildman–Crippen MR) is 74.8 cm³/mol. The normalized spacial score (nSPS) is 10.2. The van der Waals surface area contributed by atoms with Crippen LogP contribution in [0.5, 0.6) is 11.5 Å².